The molecule has 2 heterocycles. The smallest absolute Gasteiger partial charge is 0.340 e. The zero-order chi connectivity index (χ0) is 14.0. The van der Waals surface area contributed by atoms with E-state index in [1.54, 1.807) is 6.92 Å². The van der Waals surface area contributed by atoms with Gasteiger partial charge >= 0.3 is 6.18 Å². The number of likely N-dealkylation sites (N-methyl/N-ethyl adjacent to an activating group) is 1. The molecule has 0 bridgehead atoms. The summed E-state index contributed by atoms with van der Waals surface area (Å²) in [6.07, 6.45) is -3.40. The maximum atomic E-state index is 12.3. The number of hydrogen-bond donors (Lipinski definition) is 0. The van der Waals surface area contributed by atoms with Crippen molar-refractivity contribution in [2.24, 2.45) is 0 Å². The molecule has 0 saturated carbocycles. The van der Waals surface area contributed by atoms with Crippen LogP contribution in [0.3, 0.4) is 0 Å². The van der Waals surface area contributed by atoms with Crippen LogP contribution < -0.4 is 0 Å². The Morgan fingerprint density at radius 1 is 1.47 bits per heavy atom. The second-order valence-corrected chi connectivity index (χ2v) is 4.94. The molecular weight excluding hydrogens is 261 g/mol. The zero-order valence-corrected chi connectivity index (χ0v) is 10.9. The highest BCUT2D eigenvalue weighted by molar-refractivity contribution is 4.88. The molecule has 0 aliphatic carbocycles. The molecule has 1 unspecified atom stereocenters. The van der Waals surface area contributed by atoms with Crippen LogP contribution in [0, 0.1) is 6.92 Å². The topological polar surface area (TPSA) is 45.4 Å². The SMILES string of the molecule is Cc1nc(CN(C)C2CCN(CC(F)(F)F)C2)no1. The number of aryl methyl sites for hydroxylation is 1. The number of likely N-dealkylation sites (tertiary alicyclic amines) is 1. The Labute approximate surface area is 109 Å². The summed E-state index contributed by atoms with van der Waals surface area (Å²) in [7, 11) is 1.87. The third kappa shape index (κ3) is 4.17. The van der Waals surface area contributed by atoms with Crippen LogP contribution in [0.5, 0.6) is 0 Å². The van der Waals surface area contributed by atoms with Gasteiger partial charge in [0, 0.05) is 26.1 Å². The minimum absolute atomic E-state index is 0.0983. The Kier molecular flexibility index (Phi) is 4.10. The number of rotatable bonds is 4. The van der Waals surface area contributed by atoms with E-state index in [4.69, 9.17) is 4.52 Å². The lowest BCUT2D eigenvalue weighted by molar-refractivity contribution is -0.143. The van der Waals surface area contributed by atoms with E-state index in [0.29, 0.717) is 31.3 Å². The highest BCUT2D eigenvalue weighted by atomic mass is 19.4. The van der Waals surface area contributed by atoms with Crippen molar-refractivity contribution in [3.63, 3.8) is 0 Å². The number of hydrogen-bond acceptors (Lipinski definition) is 5. The Morgan fingerprint density at radius 2 is 2.21 bits per heavy atom. The minimum Gasteiger partial charge on any atom is -0.340 e. The van der Waals surface area contributed by atoms with Crippen molar-refractivity contribution in [1.29, 1.82) is 0 Å². The summed E-state index contributed by atoms with van der Waals surface area (Å²) in [4.78, 5) is 7.49. The molecule has 8 heteroatoms. The number of halogens is 3. The van der Waals surface area contributed by atoms with Crippen LogP contribution in [0.1, 0.15) is 18.1 Å². The fourth-order valence-corrected chi connectivity index (χ4v) is 2.33. The van der Waals surface area contributed by atoms with E-state index < -0.39 is 12.7 Å². The van der Waals surface area contributed by atoms with E-state index in [1.807, 2.05) is 11.9 Å². The molecule has 0 radical (unpaired) electrons. The van der Waals surface area contributed by atoms with Gasteiger partial charge in [-0.3, -0.25) is 9.80 Å². The van der Waals surface area contributed by atoms with Crippen LogP contribution in [0.4, 0.5) is 13.2 Å². The van der Waals surface area contributed by atoms with Gasteiger partial charge in [0.05, 0.1) is 13.1 Å². The minimum atomic E-state index is -4.13. The molecule has 1 aliphatic heterocycles. The van der Waals surface area contributed by atoms with Crippen LogP contribution >= 0.6 is 0 Å². The molecule has 1 aromatic rings. The first-order valence-electron chi connectivity index (χ1n) is 6.12. The second-order valence-electron chi connectivity index (χ2n) is 4.94. The molecule has 1 saturated heterocycles. The fourth-order valence-electron chi connectivity index (χ4n) is 2.33. The molecule has 0 spiro atoms. The summed E-state index contributed by atoms with van der Waals surface area (Å²) in [5.74, 6) is 1.06. The van der Waals surface area contributed by atoms with E-state index >= 15 is 0 Å². The Hall–Kier alpha value is -1.15. The van der Waals surface area contributed by atoms with Gasteiger partial charge in [0.1, 0.15) is 0 Å². The van der Waals surface area contributed by atoms with Gasteiger partial charge in [0.2, 0.25) is 5.89 Å². The molecule has 19 heavy (non-hydrogen) atoms. The van der Waals surface area contributed by atoms with Crippen LogP contribution in [-0.4, -0.2) is 58.8 Å². The molecule has 5 nitrogen and oxygen atoms in total. The van der Waals surface area contributed by atoms with E-state index in [1.165, 1.54) is 4.90 Å². The highest BCUT2D eigenvalue weighted by Crippen LogP contribution is 2.22. The molecule has 1 aliphatic rings. The third-order valence-electron chi connectivity index (χ3n) is 3.23. The molecule has 0 amide bonds. The van der Waals surface area contributed by atoms with Gasteiger partial charge < -0.3 is 4.52 Å². The van der Waals surface area contributed by atoms with Crippen molar-refractivity contribution >= 4 is 0 Å². The van der Waals surface area contributed by atoms with E-state index in [2.05, 4.69) is 10.1 Å². The lowest BCUT2D eigenvalue weighted by atomic mass is 10.2. The molecule has 0 aromatic carbocycles. The van der Waals surface area contributed by atoms with Crippen LogP contribution in [0.25, 0.3) is 0 Å². The van der Waals surface area contributed by atoms with Gasteiger partial charge in [-0.1, -0.05) is 5.16 Å². The predicted octanol–water partition coefficient (Wildman–Crippen LogP) is 1.45. The lowest BCUT2D eigenvalue weighted by Gasteiger charge is -2.23. The van der Waals surface area contributed by atoms with Crippen molar-refractivity contribution in [3.05, 3.63) is 11.7 Å². The van der Waals surface area contributed by atoms with Gasteiger partial charge in [-0.15, -0.1) is 0 Å². The largest absolute Gasteiger partial charge is 0.401 e. The average Bonchev–Trinajstić information content (AvgIpc) is 2.85. The molecule has 1 fully saturated rings. The molecule has 2 rings (SSSR count). The van der Waals surface area contributed by atoms with Crippen LogP contribution in [0.15, 0.2) is 4.52 Å². The first-order valence-corrected chi connectivity index (χ1v) is 6.12. The van der Waals surface area contributed by atoms with Gasteiger partial charge in [0.15, 0.2) is 5.82 Å². The quantitative estimate of drug-likeness (QED) is 0.834. The normalized spacial score (nSPS) is 21.5. The van der Waals surface area contributed by atoms with E-state index in [0.717, 1.165) is 6.42 Å². The second kappa shape index (κ2) is 5.46. The lowest BCUT2D eigenvalue weighted by Crippen LogP contribution is -2.37. The molecule has 1 atom stereocenters. The van der Waals surface area contributed by atoms with Crippen molar-refractivity contribution in [3.8, 4) is 0 Å². The summed E-state index contributed by atoms with van der Waals surface area (Å²) in [5, 5.41) is 3.78. The predicted molar refractivity (Wildman–Crippen MR) is 61.4 cm³/mol. The van der Waals surface area contributed by atoms with Crippen LogP contribution in [0.2, 0.25) is 0 Å². The van der Waals surface area contributed by atoms with Crippen molar-refractivity contribution in [1.82, 2.24) is 19.9 Å². The van der Waals surface area contributed by atoms with Crippen molar-refractivity contribution < 1.29 is 17.7 Å². The Balaban J connectivity index is 1.83. The summed E-state index contributed by atoms with van der Waals surface area (Å²) in [6.45, 7) is 2.25. The maximum Gasteiger partial charge on any atom is 0.401 e. The van der Waals surface area contributed by atoms with Gasteiger partial charge in [0.25, 0.3) is 0 Å². The highest BCUT2D eigenvalue weighted by Gasteiger charge is 2.35. The molecule has 1 aromatic heterocycles. The number of aromatic nitrogens is 2. The van der Waals surface area contributed by atoms with Crippen molar-refractivity contribution in [2.75, 3.05) is 26.7 Å². The van der Waals surface area contributed by atoms with E-state index in [9.17, 15) is 13.2 Å². The first kappa shape index (κ1) is 14.3. The molecule has 108 valence electrons. The fraction of sp³-hybridized carbons (Fsp3) is 0.818. The van der Waals surface area contributed by atoms with Crippen LogP contribution in [-0.2, 0) is 6.54 Å². The summed E-state index contributed by atoms with van der Waals surface area (Å²) in [6, 6.07) is 0.0983. The Morgan fingerprint density at radius 3 is 2.79 bits per heavy atom. The molecule has 0 N–H and O–H groups in total. The maximum absolute atomic E-state index is 12.3. The summed E-state index contributed by atoms with van der Waals surface area (Å²) < 4.78 is 41.8. The third-order valence-corrected chi connectivity index (χ3v) is 3.23. The number of nitrogens with zero attached hydrogens (tertiary/aromatic N) is 4. The summed E-state index contributed by atoms with van der Waals surface area (Å²) in [5.41, 5.74) is 0. The summed E-state index contributed by atoms with van der Waals surface area (Å²) >= 11 is 0. The van der Waals surface area contributed by atoms with E-state index in [-0.39, 0.29) is 6.04 Å². The average molecular weight is 278 g/mol. The number of alkyl halides is 3. The monoisotopic (exact) mass is 278 g/mol. The van der Waals surface area contributed by atoms with Gasteiger partial charge in [-0.2, -0.15) is 18.2 Å². The van der Waals surface area contributed by atoms with Gasteiger partial charge in [-0.05, 0) is 13.5 Å². The zero-order valence-electron chi connectivity index (χ0n) is 10.9. The van der Waals surface area contributed by atoms with Crippen molar-refractivity contribution in [2.45, 2.75) is 32.1 Å². The van der Waals surface area contributed by atoms with Gasteiger partial charge in [-0.25, -0.2) is 0 Å². The molecular formula is C11H17F3N4O. The first-order chi connectivity index (χ1) is 8.83. The standard InChI is InChI=1S/C11H17F3N4O/c1-8-15-10(16-19-8)6-17(2)9-3-4-18(5-9)7-11(12,13)14/h9H,3-7H2,1-2H3. The Bertz CT molecular complexity index is 420.